The number of fused-ring (bicyclic) bond motifs is 1. The normalized spacial score (nSPS) is 18.7. The van der Waals surface area contributed by atoms with Crippen molar-refractivity contribution in [1.29, 1.82) is 0 Å². The molecule has 0 spiro atoms. The number of rotatable bonds is 8. The molecule has 8 nitrogen and oxygen atoms in total. The van der Waals surface area contributed by atoms with Crippen LogP contribution in [0, 0.1) is 0 Å². The molecule has 1 saturated heterocycles. The first-order valence-electron chi connectivity index (χ1n) is 11.0. The number of hydrogen-bond donors (Lipinski definition) is 2. The third kappa shape index (κ3) is 5.32. The number of amides is 1. The molecule has 1 fully saturated rings. The van der Waals surface area contributed by atoms with Gasteiger partial charge in [-0.15, -0.1) is 0 Å². The van der Waals surface area contributed by atoms with E-state index in [9.17, 15) is 4.79 Å². The van der Waals surface area contributed by atoms with E-state index in [0.29, 0.717) is 37.1 Å². The largest absolute Gasteiger partial charge is 0.493 e. The second kappa shape index (κ2) is 10.1. The third-order valence-electron chi connectivity index (χ3n) is 5.71. The molecule has 1 aromatic heterocycles. The number of carbonyl (C=O) groups excluding carboxylic acids is 1. The van der Waals surface area contributed by atoms with Gasteiger partial charge in [-0.05, 0) is 56.1 Å². The summed E-state index contributed by atoms with van der Waals surface area (Å²) in [5.41, 5.74) is 1.74. The van der Waals surface area contributed by atoms with Gasteiger partial charge in [-0.1, -0.05) is 6.42 Å². The van der Waals surface area contributed by atoms with Crippen molar-refractivity contribution in [3.63, 3.8) is 0 Å². The molecule has 2 N–H and O–H groups in total. The van der Waals surface area contributed by atoms with Gasteiger partial charge in [0, 0.05) is 43.9 Å². The van der Waals surface area contributed by atoms with E-state index in [2.05, 4.69) is 20.6 Å². The van der Waals surface area contributed by atoms with Gasteiger partial charge in [0.05, 0.1) is 13.2 Å². The molecule has 2 aliphatic heterocycles. The number of carbonyl (C=O) groups is 1. The highest BCUT2D eigenvalue weighted by atomic mass is 16.5. The van der Waals surface area contributed by atoms with Crippen LogP contribution in [0.25, 0.3) is 0 Å². The van der Waals surface area contributed by atoms with Gasteiger partial charge in [0.15, 0.2) is 0 Å². The van der Waals surface area contributed by atoms with E-state index in [0.717, 1.165) is 30.7 Å². The fraction of sp³-hybridized carbons (Fsp3) is 0.522. The van der Waals surface area contributed by atoms with Crippen molar-refractivity contribution in [2.24, 2.45) is 0 Å². The summed E-state index contributed by atoms with van der Waals surface area (Å²) >= 11 is 0. The Balaban J connectivity index is 1.60. The smallest absolute Gasteiger partial charge is 0.259 e. The average Bonchev–Trinajstić information content (AvgIpc) is 3.26. The highest BCUT2D eigenvalue weighted by Gasteiger charge is 2.26. The first kappa shape index (κ1) is 21.5. The summed E-state index contributed by atoms with van der Waals surface area (Å²) in [5, 5.41) is 6.78. The van der Waals surface area contributed by atoms with Crippen LogP contribution in [-0.4, -0.2) is 61.4 Å². The first-order valence-corrected chi connectivity index (χ1v) is 11.0. The molecule has 0 radical (unpaired) electrons. The summed E-state index contributed by atoms with van der Waals surface area (Å²) in [6, 6.07) is 7.78. The van der Waals surface area contributed by atoms with E-state index in [4.69, 9.17) is 9.47 Å². The molecular weight excluding hydrogens is 394 g/mol. The molecule has 4 rings (SSSR count). The van der Waals surface area contributed by atoms with Crippen molar-refractivity contribution in [1.82, 2.24) is 15.3 Å². The number of nitrogens with zero attached hydrogens (tertiary/aromatic N) is 3. The molecule has 2 aromatic rings. The Morgan fingerprint density at radius 2 is 2.29 bits per heavy atom. The lowest BCUT2D eigenvalue weighted by Gasteiger charge is -2.30. The lowest BCUT2D eigenvalue weighted by atomic mass is 10.0. The standard InChI is InChI=1S/C23H31N5O3/c1-16(15-30-2)26-23-25-11-8-21(27-23)28(14-19-5-3-4-10-24-19)22(29)18-6-7-20-17(13-18)9-12-31-20/h6-8,11,13,16,19,24H,3-5,9-10,12,14-15H2,1-2H3,(H,25,26,27). The predicted octanol–water partition coefficient (Wildman–Crippen LogP) is 2.65. The number of aromatic nitrogens is 2. The maximum absolute atomic E-state index is 13.6. The van der Waals surface area contributed by atoms with Gasteiger partial charge < -0.3 is 20.1 Å². The molecule has 1 aromatic carbocycles. The lowest BCUT2D eigenvalue weighted by molar-refractivity contribution is 0.0982. The molecule has 31 heavy (non-hydrogen) atoms. The Hall–Kier alpha value is -2.71. The topological polar surface area (TPSA) is 88.6 Å². The zero-order valence-corrected chi connectivity index (χ0v) is 18.3. The number of hydrogen-bond acceptors (Lipinski definition) is 7. The molecule has 2 aliphatic rings. The van der Waals surface area contributed by atoms with Gasteiger partial charge in [0.25, 0.3) is 5.91 Å². The van der Waals surface area contributed by atoms with Gasteiger partial charge in [-0.3, -0.25) is 9.69 Å². The highest BCUT2D eigenvalue weighted by Crippen LogP contribution is 2.27. The van der Waals surface area contributed by atoms with Crippen LogP contribution < -0.4 is 20.3 Å². The second-order valence-corrected chi connectivity index (χ2v) is 8.22. The van der Waals surface area contributed by atoms with Crippen molar-refractivity contribution in [2.45, 2.75) is 44.7 Å². The minimum Gasteiger partial charge on any atom is -0.493 e. The van der Waals surface area contributed by atoms with Crippen LogP contribution in [0.3, 0.4) is 0 Å². The summed E-state index contributed by atoms with van der Waals surface area (Å²) in [4.78, 5) is 24.4. The number of nitrogens with one attached hydrogen (secondary N) is 2. The minimum atomic E-state index is -0.0586. The maximum Gasteiger partial charge on any atom is 0.259 e. The van der Waals surface area contributed by atoms with E-state index in [-0.39, 0.29) is 18.0 Å². The zero-order chi connectivity index (χ0) is 21.6. The summed E-state index contributed by atoms with van der Waals surface area (Å²) in [6.07, 6.45) is 5.91. The van der Waals surface area contributed by atoms with Crippen molar-refractivity contribution in [3.8, 4) is 5.75 Å². The van der Waals surface area contributed by atoms with E-state index in [1.54, 1.807) is 24.3 Å². The Labute approximate surface area is 183 Å². The zero-order valence-electron chi connectivity index (χ0n) is 18.3. The van der Waals surface area contributed by atoms with Crippen molar-refractivity contribution >= 4 is 17.7 Å². The lowest BCUT2D eigenvalue weighted by Crippen LogP contribution is -2.46. The van der Waals surface area contributed by atoms with E-state index >= 15 is 0 Å². The number of piperidine rings is 1. The Kier molecular flexibility index (Phi) is 6.99. The van der Waals surface area contributed by atoms with E-state index < -0.39 is 0 Å². The molecular formula is C23H31N5O3. The quantitative estimate of drug-likeness (QED) is 0.672. The van der Waals surface area contributed by atoms with Gasteiger partial charge in [-0.2, -0.15) is 4.98 Å². The summed E-state index contributed by atoms with van der Waals surface area (Å²) < 4.78 is 10.8. The van der Waals surface area contributed by atoms with Crippen LogP contribution in [0.5, 0.6) is 5.75 Å². The van der Waals surface area contributed by atoms with Crippen molar-refractivity contribution in [2.75, 3.05) is 43.6 Å². The van der Waals surface area contributed by atoms with Gasteiger partial charge in [0.1, 0.15) is 11.6 Å². The number of methoxy groups -OCH3 is 1. The molecule has 3 heterocycles. The predicted molar refractivity (Wildman–Crippen MR) is 120 cm³/mol. The van der Waals surface area contributed by atoms with Crippen molar-refractivity contribution in [3.05, 3.63) is 41.6 Å². The van der Waals surface area contributed by atoms with Crippen LogP contribution in [0.4, 0.5) is 11.8 Å². The fourth-order valence-corrected chi connectivity index (χ4v) is 4.14. The summed E-state index contributed by atoms with van der Waals surface area (Å²) in [6.45, 7) is 4.76. The van der Waals surface area contributed by atoms with Crippen LogP contribution in [0.1, 0.15) is 42.1 Å². The SMILES string of the molecule is COCC(C)Nc1nccc(N(CC2CCCCN2)C(=O)c2ccc3c(c2)CCO3)n1. The van der Waals surface area contributed by atoms with Crippen LogP contribution in [-0.2, 0) is 11.2 Å². The molecule has 2 atom stereocenters. The Bertz CT molecular complexity index is 901. The van der Waals surface area contributed by atoms with Crippen LogP contribution in [0.2, 0.25) is 0 Å². The second-order valence-electron chi connectivity index (χ2n) is 8.22. The van der Waals surface area contributed by atoms with E-state index in [1.165, 1.54) is 12.8 Å². The third-order valence-corrected chi connectivity index (χ3v) is 5.71. The minimum absolute atomic E-state index is 0.0566. The average molecular weight is 426 g/mol. The van der Waals surface area contributed by atoms with E-state index in [1.807, 2.05) is 25.1 Å². The Morgan fingerprint density at radius 3 is 3.10 bits per heavy atom. The maximum atomic E-state index is 13.6. The molecule has 0 aliphatic carbocycles. The molecule has 0 saturated carbocycles. The Morgan fingerprint density at radius 1 is 1.39 bits per heavy atom. The molecule has 1 amide bonds. The first-order chi connectivity index (χ1) is 15.1. The molecule has 0 bridgehead atoms. The number of anilines is 2. The molecule has 166 valence electrons. The number of benzene rings is 1. The molecule has 8 heteroatoms. The van der Waals surface area contributed by atoms with Crippen molar-refractivity contribution < 1.29 is 14.3 Å². The van der Waals surface area contributed by atoms with Crippen LogP contribution in [0.15, 0.2) is 30.5 Å². The van der Waals surface area contributed by atoms with Gasteiger partial charge >= 0.3 is 0 Å². The number of ether oxygens (including phenoxy) is 2. The highest BCUT2D eigenvalue weighted by molar-refractivity contribution is 6.06. The monoisotopic (exact) mass is 425 g/mol. The fourth-order valence-electron chi connectivity index (χ4n) is 4.14. The molecule has 2 unspecified atom stereocenters. The van der Waals surface area contributed by atoms with Gasteiger partial charge in [-0.25, -0.2) is 4.98 Å². The summed E-state index contributed by atoms with van der Waals surface area (Å²) in [5.74, 6) is 1.89. The van der Waals surface area contributed by atoms with Crippen LogP contribution >= 0.6 is 0 Å². The summed E-state index contributed by atoms with van der Waals surface area (Å²) in [7, 11) is 1.66. The van der Waals surface area contributed by atoms with Gasteiger partial charge in [0.2, 0.25) is 5.95 Å².